The van der Waals surface area contributed by atoms with Gasteiger partial charge in [0.05, 0.1) is 0 Å². The van der Waals surface area contributed by atoms with Gasteiger partial charge in [-0.05, 0) is 49.3 Å². The van der Waals surface area contributed by atoms with Crippen LogP contribution in [0.5, 0.6) is 0 Å². The molecule has 0 atom stereocenters. The number of ketones is 1. The molecule has 110 valence electrons. The Bertz CT molecular complexity index is 663. The summed E-state index contributed by atoms with van der Waals surface area (Å²) in [5, 5.41) is 2.21. The predicted octanol–water partition coefficient (Wildman–Crippen LogP) is 3.63. The van der Waals surface area contributed by atoms with Crippen LogP contribution in [0.4, 0.5) is 0 Å². The van der Waals surface area contributed by atoms with Crippen molar-refractivity contribution in [3.63, 3.8) is 0 Å². The van der Waals surface area contributed by atoms with Crippen molar-refractivity contribution in [2.45, 2.75) is 38.1 Å². The summed E-state index contributed by atoms with van der Waals surface area (Å²) in [6.07, 6.45) is 6.07. The van der Waals surface area contributed by atoms with E-state index in [0.717, 1.165) is 46.6 Å². The normalized spacial score (nSPS) is 22.4. The Kier molecular flexibility index (Phi) is 4.36. The number of fused-ring (bicyclic) bond motifs is 1. The zero-order valence-electron chi connectivity index (χ0n) is 11.9. The second-order valence-corrected chi connectivity index (χ2v) is 6.84. The van der Waals surface area contributed by atoms with Crippen LogP contribution in [0.25, 0.3) is 10.8 Å². The second-order valence-electron chi connectivity index (χ2n) is 5.92. The number of rotatable bonds is 3. The van der Waals surface area contributed by atoms with Gasteiger partial charge in [-0.1, -0.05) is 22.0 Å². The van der Waals surface area contributed by atoms with Gasteiger partial charge in [-0.15, -0.1) is 0 Å². The Morgan fingerprint density at radius 2 is 1.95 bits per heavy atom. The first-order valence-electron chi connectivity index (χ1n) is 7.44. The lowest BCUT2D eigenvalue weighted by Crippen LogP contribution is -2.30. The molecule has 1 saturated carbocycles. The summed E-state index contributed by atoms with van der Waals surface area (Å²) in [7, 11) is 0. The average molecular weight is 347 g/mol. The number of hydrogen-bond donors (Lipinski definition) is 1. The van der Waals surface area contributed by atoms with Crippen LogP contribution in [-0.2, 0) is 11.2 Å². The van der Waals surface area contributed by atoms with E-state index in [4.69, 9.17) is 5.73 Å². The number of nitrogens with two attached hydrogens (primary N) is 1. The molecule has 1 fully saturated rings. The molecule has 1 aliphatic carbocycles. The van der Waals surface area contributed by atoms with E-state index >= 15 is 0 Å². The number of halogens is 1. The molecule has 21 heavy (non-hydrogen) atoms. The summed E-state index contributed by atoms with van der Waals surface area (Å²) >= 11 is 3.48. The minimum atomic E-state index is 0.171. The maximum atomic E-state index is 12.4. The van der Waals surface area contributed by atoms with Crippen LogP contribution < -0.4 is 5.73 Å². The van der Waals surface area contributed by atoms with Crippen molar-refractivity contribution >= 4 is 32.5 Å². The lowest BCUT2D eigenvalue weighted by Gasteiger charge is -2.24. The van der Waals surface area contributed by atoms with Gasteiger partial charge >= 0.3 is 0 Å². The Morgan fingerprint density at radius 3 is 2.71 bits per heavy atom. The van der Waals surface area contributed by atoms with Crippen molar-refractivity contribution in [2.24, 2.45) is 11.7 Å². The number of hydrogen-bond acceptors (Lipinski definition) is 3. The summed E-state index contributed by atoms with van der Waals surface area (Å²) in [6, 6.07) is 8.39. The molecular weight excluding hydrogens is 328 g/mol. The molecule has 0 bridgehead atoms. The van der Waals surface area contributed by atoms with Crippen molar-refractivity contribution in [2.75, 3.05) is 0 Å². The Labute approximate surface area is 133 Å². The van der Waals surface area contributed by atoms with E-state index in [2.05, 4.69) is 27.0 Å². The van der Waals surface area contributed by atoms with Crippen molar-refractivity contribution < 1.29 is 4.79 Å². The molecule has 4 heteroatoms. The van der Waals surface area contributed by atoms with E-state index in [1.165, 1.54) is 0 Å². The van der Waals surface area contributed by atoms with Gasteiger partial charge in [0.2, 0.25) is 0 Å². The molecule has 0 saturated heterocycles. The fourth-order valence-corrected chi connectivity index (χ4v) is 3.40. The third-order valence-electron chi connectivity index (χ3n) is 4.32. The van der Waals surface area contributed by atoms with E-state index in [1.807, 2.05) is 24.4 Å². The number of Topliss-reactive ketones (excluding diaryl/α,β-unsaturated/α-hetero) is 1. The molecular formula is C17H19BrN2O. The van der Waals surface area contributed by atoms with Crippen molar-refractivity contribution in [3.8, 4) is 0 Å². The number of benzene rings is 1. The third-order valence-corrected chi connectivity index (χ3v) is 4.82. The highest BCUT2D eigenvalue weighted by atomic mass is 79.9. The maximum Gasteiger partial charge on any atom is 0.141 e. The molecule has 3 nitrogen and oxygen atoms in total. The Balaban J connectivity index is 1.73. The van der Waals surface area contributed by atoms with E-state index in [-0.39, 0.29) is 12.0 Å². The molecule has 1 aliphatic rings. The number of carbonyl (C=O) groups excluding carboxylic acids is 1. The highest BCUT2D eigenvalue weighted by Gasteiger charge is 2.24. The molecule has 0 aliphatic heterocycles. The molecule has 0 radical (unpaired) electrons. The van der Waals surface area contributed by atoms with Crippen LogP contribution in [-0.4, -0.2) is 16.8 Å². The van der Waals surface area contributed by atoms with Gasteiger partial charge in [-0.25, -0.2) is 0 Å². The average Bonchev–Trinajstić information content (AvgIpc) is 2.47. The highest BCUT2D eigenvalue weighted by Crippen LogP contribution is 2.25. The van der Waals surface area contributed by atoms with Crippen LogP contribution in [0.15, 0.2) is 34.9 Å². The minimum absolute atomic E-state index is 0.171. The first-order valence-corrected chi connectivity index (χ1v) is 8.23. The molecule has 0 unspecified atom stereocenters. The molecule has 1 heterocycles. The zero-order chi connectivity index (χ0) is 14.8. The fraction of sp³-hybridized carbons (Fsp3) is 0.412. The number of aromatic nitrogens is 1. The molecule has 1 aromatic carbocycles. The van der Waals surface area contributed by atoms with Gasteiger partial charge in [0, 0.05) is 40.1 Å². The summed E-state index contributed by atoms with van der Waals surface area (Å²) in [6.45, 7) is 0. The van der Waals surface area contributed by atoms with E-state index in [9.17, 15) is 4.79 Å². The standard InChI is InChI=1S/C17H19BrN2O/c18-14-4-1-12-10-20-16(8-13(12)7-14)9-17(21)11-2-5-15(19)6-3-11/h1,4,7-8,10-11,15H,2-3,5-6,9,19H2. The molecule has 2 N–H and O–H groups in total. The van der Waals surface area contributed by atoms with E-state index in [0.29, 0.717) is 12.2 Å². The predicted molar refractivity (Wildman–Crippen MR) is 88.1 cm³/mol. The number of carbonyl (C=O) groups is 1. The van der Waals surface area contributed by atoms with Gasteiger partial charge in [0.1, 0.15) is 5.78 Å². The number of nitrogens with zero attached hydrogens (tertiary/aromatic N) is 1. The van der Waals surface area contributed by atoms with E-state index in [1.54, 1.807) is 0 Å². The quantitative estimate of drug-likeness (QED) is 0.923. The molecule has 1 aromatic heterocycles. The van der Waals surface area contributed by atoms with Crippen LogP contribution >= 0.6 is 15.9 Å². The van der Waals surface area contributed by atoms with Gasteiger partial charge < -0.3 is 5.73 Å². The largest absolute Gasteiger partial charge is 0.328 e. The minimum Gasteiger partial charge on any atom is -0.328 e. The summed E-state index contributed by atoms with van der Waals surface area (Å²) < 4.78 is 1.04. The summed E-state index contributed by atoms with van der Waals surface area (Å²) in [5.41, 5.74) is 6.76. The molecule has 3 rings (SSSR count). The maximum absolute atomic E-state index is 12.4. The monoisotopic (exact) mass is 346 g/mol. The van der Waals surface area contributed by atoms with E-state index < -0.39 is 0 Å². The SMILES string of the molecule is NC1CCC(C(=O)Cc2cc3cc(Br)ccc3cn2)CC1. The highest BCUT2D eigenvalue weighted by molar-refractivity contribution is 9.10. The first-order chi connectivity index (χ1) is 10.1. The fourth-order valence-electron chi connectivity index (χ4n) is 3.02. The zero-order valence-corrected chi connectivity index (χ0v) is 13.5. The van der Waals surface area contributed by atoms with Gasteiger partial charge in [0.25, 0.3) is 0 Å². The molecule has 2 aromatic rings. The van der Waals surface area contributed by atoms with Gasteiger partial charge in [-0.2, -0.15) is 0 Å². The molecule has 0 amide bonds. The topological polar surface area (TPSA) is 56.0 Å². The van der Waals surface area contributed by atoms with Crippen molar-refractivity contribution in [3.05, 3.63) is 40.6 Å². The smallest absolute Gasteiger partial charge is 0.141 e. The van der Waals surface area contributed by atoms with Crippen molar-refractivity contribution in [1.29, 1.82) is 0 Å². The van der Waals surface area contributed by atoms with Crippen LogP contribution in [0.2, 0.25) is 0 Å². The Morgan fingerprint density at radius 1 is 1.19 bits per heavy atom. The van der Waals surface area contributed by atoms with Gasteiger partial charge in [-0.3, -0.25) is 9.78 Å². The molecule has 0 spiro atoms. The number of pyridine rings is 1. The van der Waals surface area contributed by atoms with Crippen LogP contribution in [0.1, 0.15) is 31.4 Å². The second kappa shape index (κ2) is 6.24. The van der Waals surface area contributed by atoms with Crippen LogP contribution in [0.3, 0.4) is 0 Å². The van der Waals surface area contributed by atoms with Crippen LogP contribution in [0, 0.1) is 5.92 Å². The first kappa shape index (κ1) is 14.7. The Hall–Kier alpha value is -1.26. The lowest BCUT2D eigenvalue weighted by molar-refractivity contribution is -0.123. The third kappa shape index (κ3) is 3.50. The summed E-state index contributed by atoms with van der Waals surface area (Å²) in [4.78, 5) is 16.8. The van der Waals surface area contributed by atoms with Crippen molar-refractivity contribution in [1.82, 2.24) is 4.98 Å². The van der Waals surface area contributed by atoms with Gasteiger partial charge in [0.15, 0.2) is 0 Å². The lowest BCUT2D eigenvalue weighted by atomic mass is 9.82. The summed E-state index contributed by atoms with van der Waals surface area (Å²) in [5.74, 6) is 0.480.